The van der Waals surface area contributed by atoms with Crippen LogP contribution in [0.25, 0.3) is 5.57 Å². The predicted molar refractivity (Wildman–Crippen MR) is 78.7 cm³/mol. The molecule has 2 aliphatic rings. The van der Waals surface area contributed by atoms with Crippen molar-refractivity contribution >= 4 is 23.0 Å². The maximum Gasteiger partial charge on any atom is 0.132 e. The average Bonchev–Trinajstić information content (AvgIpc) is 2.48. The molecule has 1 fully saturated rings. The Balaban J connectivity index is 1.88. The topological polar surface area (TPSA) is 25.4 Å². The van der Waals surface area contributed by atoms with Crippen LogP contribution in [0.5, 0.6) is 0 Å². The van der Waals surface area contributed by atoms with Gasteiger partial charge in [-0.25, -0.2) is 4.98 Å². The van der Waals surface area contributed by atoms with E-state index in [4.69, 9.17) is 16.3 Å². The number of pyridine rings is 1. The number of hydrogen-bond acceptors (Lipinski definition) is 3. The van der Waals surface area contributed by atoms with Crippen LogP contribution in [-0.2, 0) is 4.74 Å². The van der Waals surface area contributed by atoms with Gasteiger partial charge in [-0.1, -0.05) is 17.7 Å². The van der Waals surface area contributed by atoms with E-state index in [9.17, 15) is 0 Å². The molecule has 0 saturated carbocycles. The Labute approximate surface area is 119 Å². The fourth-order valence-electron chi connectivity index (χ4n) is 2.72. The number of morpholine rings is 1. The van der Waals surface area contributed by atoms with Gasteiger partial charge in [-0.15, -0.1) is 0 Å². The third-order valence-electron chi connectivity index (χ3n) is 3.78. The molecule has 0 bridgehead atoms. The van der Waals surface area contributed by atoms with Crippen LogP contribution in [-0.4, -0.2) is 31.3 Å². The van der Waals surface area contributed by atoms with Crippen LogP contribution in [0, 0.1) is 0 Å². The third-order valence-corrected chi connectivity index (χ3v) is 3.97. The largest absolute Gasteiger partial charge is 0.378 e. The molecular formula is C15H19ClN2O. The highest BCUT2D eigenvalue weighted by Crippen LogP contribution is 2.30. The summed E-state index contributed by atoms with van der Waals surface area (Å²) in [6.45, 7) is 3.33. The first-order valence-electron chi connectivity index (χ1n) is 7.02. The van der Waals surface area contributed by atoms with Crippen molar-refractivity contribution in [2.45, 2.75) is 25.7 Å². The van der Waals surface area contributed by atoms with Crippen LogP contribution in [0.2, 0.25) is 5.15 Å². The van der Waals surface area contributed by atoms with Crippen LogP contribution >= 0.6 is 11.6 Å². The number of anilines is 1. The van der Waals surface area contributed by atoms with Crippen molar-refractivity contribution in [3.05, 3.63) is 28.9 Å². The second-order valence-electron chi connectivity index (χ2n) is 5.11. The van der Waals surface area contributed by atoms with Crippen molar-refractivity contribution in [2.24, 2.45) is 0 Å². The lowest BCUT2D eigenvalue weighted by molar-refractivity contribution is 0.122. The van der Waals surface area contributed by atoms with E-state index in [0.717, 1.165) is 38.5 Å². The molecule has 0 unspecified atom stereocenters. The molecule has 1 aliphatic heterocycles. The molecule has 1 aliphatic carbocycles. The van der Waals surface area contributed by atoms with E-state index in [0.29, 0.717) is 5.15 Å². The summed E-state index contributed by atoms with van der Waals surface area (Å²) >= 11 is 6.19. The van der Waals surface area contributed by atoms with Gasteiger partial charge in [-0.3, -0.25) is 0 Å². The summed E-state index contributed by atoms with van der Waals surface area (Å²) in [5.74, 6) is 0.984. The summed E-state index contributed by atoms with van der Waals surface area (Å²) in [7, 11) is 0. The molecule has 1 aromatic heterocycles. The predicted octanol–water partition coefficient (Wildman–Crippen LogP) is 3.53. The SMILES string of the molecule is Clc1cc(C2=CCCCC2)cc(N2CCOCC2)n1. The summed E-state index contributed by atoms with van der Waals surface area (Å²) in [6, 6.07) is 4.16. The van der Waals surface area contributed by atoms with E-state index < -0.39 is 0 Å². The van der Waals surface area contributed by atoms with Crippen molar-refractivity contribution in [1.82, 2.24) is 4.98 Å². The average molecular weight is 279 g/mol. The number of allylic oxidation sites excluding steroid dienone is 2. The van der Waals surface area contributed by atoms with E-state index in [1.807, 2.05) is 6.07 Å². The molecule has 1 aromatic rings. The Morgan fingerprint density at radius 1 is 1.16 bits per heavy atom. The maximum atomic E-state index is 6.19. The van der Waals surface area contributed by atoms with Gasteiger partial charge in [0.25, 0.3) is 0 Å². The monoisotopic (exact) mass is 278 g/mol. The zero-order chi connectivity index (χ0) is 13.1. The van der Waals surface area contributed by atoms with E-state index >= 15 is 0 Å². The fraction of sp³-hybridized carbons (Fsp3) is 0.533. The van der Waals surface area contributed by atoms with E-state index in [-0.39, 0.29) is 0 Å². The van der Waals surface area contributed by atoms with Crippen LogP contribution in [0.4, 0.5) is 5.82 Å². The molecule has 0 atom stereocenters. The smallest absolute Gasteiger partial charge is 0.132 e. The second kappa shape index (κ2) is 5.93. The van der Waals surface area contributed by atoms with Gasteiger partial charge in [0.1, 0.15) is 11.0 Å². The van der Waals surface area contributed by atoms with Gasteiger partial charge in [-0.05, 0) is 49.0 Å². The molecule has 1 saturated heterocycles. The van der Waals surface area contributed by atoms with Gasteiger partial charge in [-0.2, -0.15) is 0 Å². The van der Waals surface area contributed by atoms with Crippen molar-refractivity contribution in [3.63, 3.8) is 0 Å². The Morgan fingerprint density at radius 2 is 2.00 bits per heavy atom. The molecule has 4 heteroatoms. The van der Waals surface area contributed by atoms with E-state index in [1.165, 1.54) is 30.4 Å². The van der Waals surface area contributed by atoms with Crippen LogP contribution in [0.3, 0.4) is 0 Å². The zero-order valence-corrected chi connectivity index (χ0v) is 11.8. The lowest BCUT2D eigenvalue weighted by atomic mass is 9.94. The minimum absolute atomic E-state index is 0.588. The minimum Gasteiger partial charge on any atom is -0.378 e. The first kappa shape index (κ1) is 12.9. The molecule has 3 nitrogen and oxygen atoms in total. The molecule has 2 heterocycles. The molecule has 0 amide bonds. The summed E-state index contributed by atoms with van der Waals surface area (Å²) in [5.41, 5.74) is 2.66. The van der Waals surface area contributed by atoms with Crippen LogP contribution < -0.4 is 4.90 Å². The molecule has 0 radical (unpaired) electrons. The number of aromatic nitrogens is 1. The van der Waals surface area contributed by atoms with Crippen molar-refractivity contribution in [2.75, 3.05) is 31.2 Å². The van der Waals surface area contributed by atoms with Crippen LogP contribution in [0.15, 0.2) is 18.2 Å². The first-order chi connectivity index (χ1) is 9.33. The summed E-state index contributed by atoms with van der Waals surface area (Å²) < 4.78 is 5.38. The van der Waals surface area contributed by atoms with E-state index in [1.54, 1.807) is 0 Å². The molecule has 0 aromatic carbocycles. The Kier molecular flexibility index (Phi) is 4.04. The van der Waals surface area contributed by atoms with Crippen LogP contribution in [0.1, 0.15) is 31.2 Å². The van der Waals surface area contributed by atoms with Gasteiger partial charge in [0.2, 0.25) is 0 Å². The zero-order valence-electron chi connectivity index (χ0n) is 11.1. The summed E-state index contributed by atoms with van der Waals surface area (Å²) in [6.07, 6.45) is 7.26. The number of rotatable bonds is 2. The highest BCUT2D eigenvalue weighted by molar-refractivity contribution is 6.29. The third kappa shape index (κ3) is 3.10. The lowest BCUT2D eigenvalue weighted by Gasteiger charge is -2.28. The first-order valence-corrected chi connectivity index (χ1v) is 7.40. The number of hydrogen-bond donors (Lipinski definition) is 0. The lowest BCUT2D eigenvalue weighted by Crippen LogP contribution is -2.36. The second-order valence-corrected chi connectivity index (χ2v) is 5.50. The molecular weight excluding hydrogens is 260 g/mol. The van der Waals surface area contributed by atoms with Gasteiger partial charge in [0.05, 0.1) is 13.2 Å². The van der Waals surface area contributed by atoms with Crippen molar-refractivity contribution in [3.8, 4) is 0 Å². The number of nitrogens with zero attached hydrogens (tertiary/aromatic N) is 2. The van der Waals surface area contributed by atoms with E-state index in [2.05, 4.69) is 22.0 Å². The summed E-state index contributed by atoms with van der Waals surface area (Å²) in [5, 5.41) is 0.588. The van der Waals surface area contributed by atoms with Crippen molar-refractivity contribution in [1.29, 1.82) is 0 Å². The number of ether oxygens (including phenoxy) is 1. The quantitative estimate of drug-likeness (QED) is 0.774. The highest BCUT2D eigenvalue weighted by Gasteiger charge is 2.15. The Hall–Kier alpha value is -1.06. The van der Waals surface area contributed by atoms with Gasteiger partial charge < -0.3 is 9.64 Å². The van der Waals surface area contributed by atoms with Gasteiger partial charge in [0.15, 0.2) is 0 Å². The molecule has 19 heavy (non-hydrogen) atoms. The maximum absolute atomic E-state index is 6.19. The standard InChI is InChI=1S/C15H19ClN2O/c16-14-10-13(12-4-2-1-3-5-12)11-15(17-14)18-6-8-19-9-7-18/h4,10-11H,1-3,5-9H2. The van der Waals surface area contributed by atoms with Gasteiger partial charge in [0, 0.05) is 13.1 Å². The number of halogens is 1. The highest BCUT2D eigenvalue weighted by atomic mass is 35.5. The van der Waals surface area contributed by atoms with Gasteiger partial charge >= 0.3 is 0 Å². The normalized spacial score (nSPS) is 20.3. The minimum atomic E-state index is 0.588. The molecule has 0 N–H and O–H groups in total. The van der Waals surface area contributed by atoms with Crippen molar-refractivity contribution < 1.29 is 4.74 Å². The summed E-state index contributed by atoms with van der Waals surface area (Å²) in [4.78, 5) is 6.71. The molecule has 102 valence electrons. The Bertz CT molecular complexity index is 481. The molecule has 0 spiro atoms. The molecule has 3 rings (SSSR count). The Morgan fingerprint density at radius 3 is 2.74 bits per heavy atom. The fourth-order valence-corrected chi connectivity index (χ4v) is 2.93.